The van der Waals surface area contributed by atoms with Gasteiger partial charge in [-0.3, -0.25) is 0 Å². The van der Waals surface area contributed by atoms with Crippen molar-refractivity contribution in [2.75, 3.05) is 18.9 Å². The van der Waals surface area contributed by atoms with Crippen LogP contribution in [0.1, 0.15) is 5.56 Å². The number of nitrogen functional groups attached to an aromatic ring is 1. The van der Waals surface area contributed by atoms with Crippen molar-refractivity contribution in [2.45, 2.75) is 10.6 Å². The molecule has 3 nitrogen and oxygen atoms in total. The Labute approximate surface area is 131 Å². The van der Waals surface area contributed by atoms with Crippen molar-refractivity contribution in [3.8, 4) is 11.5 Å². The lowest BCUT2D eigenvalue weighted by molar-refractivity contribution is 0.171. The maximum Gasteiger partial charge on any atom is 0.179 e. The number of rotatable bonds is 3. The van der Waals surface area contributed by atoms with Gasteiger partial charge in [0.05, 0.1) is 5.02 Å². The molecule has 0 unspecified atom stereocenters. The predicted octanol–water partition coefficient (Wildman–Crippen LogP) is 4.12. The van der Waals surface area contributed by atoms with E-state index in [-0.39, 0.29) is 5.82 Å². The molecule has 6 heteroatoms. The number of nitrogens with two attached hydrogens (primary N) is 1. The summed E-state index contributed by atoms with van der Waals surface area (Å²) in [4.78, 5) is 0.551. The van der Waals surface area contributed by atoms with Gasteiger partial charge in [-0.05, 0) is 35.9 Å². The van der Waals surface area contributed by atoms with Crippen LogP contribution in [0.15, 0.2) is 35.2 Å². The Bertz CT molecular complexity index is 681. The van der Waals surface area contributed by atoms with Gasteiger partial charge in [-0.1, -0.05) is 11.6 Å². The molecule has 0 saturated heterocycles. The third-order valence-electron chi connectivity index (χ3n) is 3.01. The predicted molar refractivity (Wildman–Crippen MR) is 82.8 cm³/mol. The summed E-state index contributed by atoms with van der Waals surface area (Å²) < 4.78 is 24.7. The third-order valence-corrected chi connectivity index (χ3v) is 4.41. The highest BCUT2D eigenvalue weighted by Gasteiger charge is 2.16. The van der Waals surface area contributed by atoms with E-state index in [9.17, 15) is 4.39 Å². The van der Waals surface area contributed by atoms with E-state index in [1.54, 1.807) is 12.1 Å². The SMILES string of the molecule is Nc1ccc(SCc2cc(Cl)c3c(c2)OCCO3)c(F)c1. The van der Waals surface area contributed by atoms with Gasteiger partial charge >= 0.3 is 0 Å². The Morgan fingerprint density at radius 2 is 2.00 bits per heavy atom. The first-order valence-corrected chi connectivity index (χ1v) is 7.75. The van der Waals surface area contributed by atoms with Crippen LogP contribution in [0.2, 0.25) is 5.02 Å². The van der Waals surface area contributed by atoms with Crippen molar-refractivity contribution in [2.24, 2.45) is 0 Å². The fourth-order valence-electron chi connectivity index (χ4n) is 2.04. The van der Waals surface area contributed by atoms with Gasteiger partial charge in [0.15, 0.2) is 11.5 Å². The lowest BCUT2D eigenvalue weighted by Gasteiger charge is -2.20. The molecular weight excluding hydrogens is 313 g/mol. The number of hydrogen-bond donors (Lipinski definition) is 1. The molecule has 0 amide bonds. The number of anilines is 1. The van der Waals surface area contributed by atoms with E-state index < -0.39 is 0 Å². The second-order valence-electron chi connectivity index (χ2n) is 4.58. The van der Waals surface area contributed by atoms with E-state index in [0.29, 0.717) is 46.1 Å². The minimum absolute atomic E-state index is 0.316. The fourth-order valence-corrected chi connectivity index (χ4v) is 3.18. The monoisotopic (exact) mass is 325 g/mol. The minimum atomic E-state index is -0.316. The van der Waals surface area contributed by atoms with Crippen LogP contribution in [0.25, 0.3) is 0 Å². The van der Waals surface area contributed by atoms with Gasteiger partial charge < -0.3 is 15.2 Å². The first kappa shape index (κ1) is 14.4. The summed E-state index contributed by atoms with van der Waals surface area (Å²) >= 11 is 7.56. The lowest BCUT2D eigenvalue weighted by Crippen LogP contribution is -2.15. The van der Waals surface area contributed by atoms with Crippen LogP contribution >= 0.6 is 23.4 Å². The van der Waals surface area contributed by atoms with Gasteiger partial charge in [0, 0.05) is 16.3 Å². The molecule has 1 aliphatic heterocycles. The molecule has 21 heavy (non-hydrogen) atoms. The summed E-state index contributed by atoms with van der Waals surface area (Å²) in [6.45, 7) is 1.00. The van der Waals surface area contributed by atoms with Gasteiger partial charge in [0.1, 0.15) is 19.0 Å². The molecule has 2 N–H and O–H groups in total. The standard InChI is InChI=1S/C15H13ClFNO2S/c16-11-5-9(6-13-15(11)20-4-3-19-13)8-21-14-2-1-10(18)7-12(14)17/h1-2,5-7H,3-4,8,18H2. The number of benzene rings is 2. The molecule has 0 bridgehead atoms. The number of halogens is 2. The Morgan fingerprint density at radius 3 is 2.81 bits per heavy atom. The smallest absolute Gasteiger partial charge is 0.179 e. The van der Waals surface area contributed by atoms with E-state index in [2.05, 4.69) is 0 Å². The Hall–Kier alpha value is -1.59. The van der Waals surface area contributed by atoms with Gasteiger partial charge in [-0.15, -0.1) is 11.8 Å². The number of ether oxygens (including phenoxy) is 2. The van der Waals surface area contributed by atoms with E-state index in [1.807, 2.05) is 12.1 Å². The Balaban J connectivity index is 1.77. The second-order valence-corrected chi connectivity index (χ2v) is 6.00. The van der Waals surface area contributed by atoms with Crippen LogP contribution in [0, 0.1) is 5.82 Å². The summed E-state index contributed by atoms with van der Waals surface area (Å²) in [7, 11) is 0. The van der Waals surface area contributed by atoms with Crippen molar-refractivity contribution in [1.29, 1.82) is 0 Å². The van der Waals surface area contributed by atoms with Crippen molar-refractivity contribution in [3.05, 3.63) is 46.7 Å². The van der Waals surface area contributed by atoms with E-state index in [0.717, 1.165) is 5.56 Å². The molecular formula is C15H13ClFNO2S. The molecule has 0 spiro atoms. The normalized spacial score (nSPS) is 13.2. The van der Waals surface area contributed by atoms with Gasteiger partial charge in [0.2, 0.25) is 0 Å². The highest BCUT2D eigenvalue weighted by Crippen LogP contribution is 2.39. The summed E-state index contributed by atoms with van der Waals surface area (Å²) in [5.41, 5.74) is 6.90. The topological polar surface area (TPSA) is 44.5 Å². The molecule has 0 aliphatic carbocycles. The van der Waals surface area contributed by atoms with Crippen LogP contribution in [-0.4, -0.2) is 13.2 Å². The number of hydrogen-bond acceptors (Lipinski definition) is 4. The van der Waals surface area contributed by atoms with Crippen LogP contribution in [0.5, 0.6) is 11.5 Å². The van der Waals surface area contributed by atoms with Crippen LogP contribution < -0.4 is 15.2 Å². The lowest BCUT2D eigenvalue weighted by atomic mass is 10.2. The van der Waals surface area contributed by atoms with Crippen LogP contribution in [0.4, 0.5) is 10.1 Å². The molecule has 1 heterocycles. The fraction of sp³-hybridized carbons (Fsp3) is 0.200. The molecule has 2 aromatic rings. The minimum Gasteiger partial charge on any atom is -0.486 e. The maximum absolute atomic E-state index is 13.7. The molecule has 0 radical (unpaired) electrons. The number of fused-ring (bicyclic) bond motifs is 1. The maximum atomic E-state index is 13.7. The molecule has 0 fully saturated rings. The largest absolute Gasteiger partial charge is 0.486 e. The zero-order valence-corrected chi connectivity index (χ0v) is 12.6. The van der Waals surface area contributed by atoms with Gasteiger partial charge in [-0.25, -0.2) is 4.39 Å². The molecule has 0 atom stereocenters. The third kappa shape index (κ3) is 3.19. The van der Waals surface area contributed by atoms with Crippen molar-refractivity contribution >= 4 is 29.1 Å². The second kappa shape index (κ2) is 6.03. The van der Waals surface area contributed by atoms with E-state index in [1.165, 1.54) is 17.8 Å². The molecule has 1 aliphatic rings. The summed E-state index contributed by atoms with van der Waals surface area (Å²) in [5.74, 6) is 1.48. The molecule has 110 valence electrons. The van der Waals surface area contributed by atoms with E-state index >= 15 is 0 Å². The Kier molecular flexibility index (Phi) is 4.12. The average Bonchev–Trinajstić information content (AvgIpc) is 2.46. The quantitative estimate of drug-likeness (QED) is 0.681. The molecule has 0 aromatic heterocycles. The van der Waals surface area contributed by atoms with Crippen molar-refractivity contribution in [1.82, 2.24) is 0 Å². The van der Waals surface area contributed by atoms with Crippen LogP contribution in [0.3, 0.4) is 0 Å². The summed E-state index contributed by atoms with van der Waals surface area (Å²) in [5, 5.41) is 0.514. The van der Waals surface area contributed by atoms with E-state index in [4.69, 9.17) is 26.8 Å². The summed E-state index contributed by atoms with van der Waals surface area (Å²) in [6, 6.07) is 8.37. The van der Waals surface area contributed by atoms with Crippen LogP contribution in [-0.2, 0) is 5.75 Å². The molecule has 0 saturated carbocycles. The summed E-state index contributed by atoms with van der Waals surface area (Å²) in [6.07, 6.45) is 0. The highest BCUT2D eigenvalue weighted by atomic mass is 35.5. The van der Waals surface area contributed by atoms with Crippen molar-refractivity contribution in [3.63, 3.8) is 0 Å². The zero-order valence-electron chi connectivity index (χ0n) is 11.1. The molecule has 2 aromatic carbocycles. The van der Waals surface area contributed by atoms with Gasteiger partial charge in [-0.2, -0.15) is 0 Å². The molecule has 3 rings (SSSR count). The average molecular weight is 326 g/mol. The first-order valence-electron chi connectivity index (χ1n) is 6.39. The zero-order chi connectivity index (χ0) is 14.8. The highest BCUT2D eigenvalue weighted by molar-refractivity contribution is 7.98. The number of thioether (sulfide) groups is 1. The van der Waals surface area contributed by atoms with Gasteiger partial charge in [0.25, 0.3) is 0 Å². The Morgan fingerprint density at radius 1 is 1.19 bits per heavy atom. The van der Waals surface area contributed by atoms with Crippen molar-refractivity contribution < 1.29 is 13.9 Å². The first-order chi connectivity index (χ1) is 10.1.